The monoisotopic (exact) mass is 492 g/mol. The van der Waals surface area contributed by atoms with E-state index < -0.39 is 0 Å². The second-order valence-electron chi connectivity index (χ2n) is 8.37. The molecule has 0 unspecified atom stereocenters. The van der Waals surface area contributed by atoms with Gasteiger partial charge in [0.15, 0.2) is 0 Å². The lowest BCUT2D eigenvalue weighted by atomic mass is 10.1. The number of hydrogen-bond donors (Lipinski definition) is 2. The normalized spacial score (nSPS) is 10.8. The van der Waals surface area contributed by atoms with Gasteiger partial charge in [0.1, 0.15) is 0 Å². The van der Waals surface area contributed by atoms with Gasteiger partial charge in [-0.3, -0.25) is 9.78 Å². The predicted octanol–water partition coefficient (Wildman–Crippen LogP) is 5.00. The van der Waals surface area contributed by atoms with E-state index in [4.69, 9.17) is 5.26 Å². The molecule has 2 N–H and O–H groups in total. The molecule has 3 aromatic heterocycles. The Morgan fingerprint density at radius 2 is 1.97 bits per heavy atom. The zero-order chi connectivity index (χ0) is 24.7. The Bertz CT molecular complexity index is 1520. The van der Waals surface area contributed by atoms with Crippen molar-refractivity contribution in [3.63, 3.8) is 0 Å². The van der Waals surface area contributed by atoms with Crippen LogP contribution in [-0.4, -0.2) is 27.0 Å². The van der Waals surface area contributed by atoms with Gasteiger partial charge in [0.25, 0.3) is 5.91 Å². The van der Waals surface area contributed by atoms with Crippen LogP contribution in [0, 0.1) is 11.3 Å². The van der Waals surface area contributed by atoms with E-state index in [9.17, 15) is 4.79 Å². The largest absolute Gasteiger partial charge is 0.379 e. The lowest BCUT2D eigenvalue weighted by molar-refractivity contribution is 0.0958. The number of fused-ring (bicyclic) bond motifs is 1. The van der Waals surface area contributed by atoms with Gasteiger partial charge >= 0.3 is 0 Å². The van der Waals surface area contributed by atoms with Crippen molar-refractivity contribution in [1.29, 1.82) is 5.26 Å². The van der Waals surface area contributed by atoms with Crippen LogP contribution in [0.4, 0.5) is 5.69 Å². The van der Waals surface area contributed by atoms with Crippen molar-refractivity contribution in [1.82, 2.24) is 19.9 Å². The summed E-state index contributed by atoms with van der Waals surface area (Å²) in [6, 6.07) is 23.6. The van der Waals surface area contributed by atoms with Crippen LogP contribution in [0.25, 0.3) is 10.1 Å². The third-order valence-electron chi connectivity index (χ3n) is 5.84. The molecule has 0 fully saturated rings. The Kier molecular flexibility index (Phi) is 7.01. The molecule has 7 nitrogen and oxygen atoms in total. The molecule has 36 heavy (non-hydrogen) atoms. The minimum Gasteiger partial charge on any atom is -0.379 e. The summed E-state index contributed by atoms with van der Waals surface area (Å²) in [5, 5.41) is 16.5. The molecule has 0 atom stereocenters. The maximum Gasteiger partial charge on any atom is 0.261 e. The molecule has 3 heterocycles. The van der Waals surface area contributed by atoms with E-state index in [0.717, 1.165) is 32.7 Å². The minimum absolute atomic E-state index is 0.0617. The van der Waals surface area contributed by atoms with Crippen LogP contribution in [0.2, 0.25) is 0 Å². The number of carbonyl (C=O) groups excluding carboxylic acids is 1. The third kappa shape index (κ3) is 5.59. The molecule has 0 spiro atoms. The highest BCUT2D eigenvalue weighted by molar-refractivity contribution is 7.20. The van der Waals surface area contributed by atoms with Crippen LogP contribution in [-0.2, 0) is 19.5 Å². The minimum atomic E-state index is -0.0617. The number of carbonyl (C=O) groups is 1. The fraction of sp³-hybridized carbons (Fsp3) is 0.143. The van der Waals surface area contributed by atoms with Crippen molar-refractivity contribution in [3.05, 3.63) is 113 Å². The zero-order valence-electron chi connectivity index (χ0n) is 19.5. The summed E-state index contributed by atoms with van der Waals surface area (Å²) in [6.45, 7) is 1.85. The molecule has 178 valence electrons. The van der Waals surface area contributed by atoms with Gasteiger partial charge in [0.2, 0.25) is 0 Å². The van der Waals surface area contributed by atoms with Crippen LogP contribution in [0.1, 0.15) is 32.2 Å². The summed E-state index contributed by atoms with van der Waals surface area (Å²) in [5.74, 6) is -0.0617. The first-order chi connectivity index (χ1) is 17.7. The zero-order valence-corrected chi connectivity index (χ0v) is 20.3. The Morgan fingerprint density at radius 3 is 2.78 bits per heavy atom. The predicted molar refractivity (Wildman–Crippen MR) is 142 cm³/mol. The number of nitrogens with zero attached hydrogens (tertiary/aromatic N) is 4. The first-order valence-corrected chi connectivity index (χ1v) is 12.4. The van der Waals surface area contributed by atoms with Crippen molar-refractivity contribution in [2.24, 2.45) is 0 Å². The van der Waals surface area contributed by atoms with Crippen molar-refractivity contribution in [2.45, 2.75) is 19.5 Å². The summed E-state index contributed by atoms with van der Waals surface area (Å²) in [5.41, 5.74) is 4.76. The molecule has 8 heteroatoms. The maximum atomic E-state index is 12.6. The molecular formula is C28H24N6OS. The molecule has 0 saturated carbocycles. The van der Waals surface area contributed by atoms with Gasteiger partial charge in [-0.25, -0.2) is 4.98 Å². The summed E-state index contributed by atoms with van der Waals surface area (Å²) >= 11 is 1.49. The van der Waals surface area contributed by atoms with Crippen molar-refractivity contribution in [2.75, 3.05) is 11.9 Å². The van der Waals surface area contributed by atoms with Crippen molar-refractivity contribution >= 4 is 33.0 Å². The fourth-order valence-corrected chi connectivity index (χ4v) is 4.87. The Morgan fingerprint density at radius 1 is 1.08 bits per heavy atom. The van der Waals surface area contributed by atoms with Crippen molar-refractivity contribution < 1.29 is 4.79 Å². The number of amides is 1. The number of rotatable bonds is 9. The molecule has 0 radical (unpaired) electrons. The number of pyridine rings is 1. The third-order valence-corrected chi connectivity index (χ3v) is 6.96. The average Bonchev–Trinajstić information content (AvgIpc) is 3.55. The highest BCUT2D eigenvalue weighted by Crippen LogP contribution is 2.28. The number of nitriles is 1. The van der Waals surface area contributed by atoms with Gasteiger partial charge in [-0.2, -0.15) is 5.26 Å². The number of hydrogen-bond acceptors (Lipinski definition) is 6. The van der Waals surface area contributed by atoms with Crippen LogP contribution in [0.3, 0.4) is 0 Å². The van der Waals surface area contributed by atoms with Crippen LogP contribution in [0.15, 0.2) is 85.5 Å². The average molecular weight is 493 g/mol. The number of benzene rings is 2. The molecule has 0 aliphatic rings. The maximum absolute atomic E-state index is 12.6. The molecule has 0 aliphatic carbocycles. The van der Waals surface area contributed by atoms with E-state index in [1.165, 1.54) is 11.3 Å². The quantitative estimate of drug-likeness (QED) is 0.302. The molecule has 0 aliphatic heterocycles. The standard InChI is InChI=1S/C28H24N6OS/c29-15-20-4-6-21(7-5-20)18-34-19-30-16-25(34)17-33-24-8-9-26-22(13-24)14-27(36-26)28(35)32-12-10-23-3-1-2-11-31-23/h1-9,11,13-14,16,19,33H,10,12,17-18H2,(H,32,35). The van der Waals surface area contributed by atoms with E-state index >= 15 is 0 Å². The Labute approximate surface area is 213 Å². The number of nitrogens with one attached hydrogen (secondary N) is 2. The number of thiophene rings is 1. The molecule has 0 saturated heterocycles. The fourth-order valence-electron chi connectivity index (χ4n) is 3.91. The van der Waals surface area contributed by atoms with Gasteiger partial charge < -0.3 is 15.2 Å². The number of aromatic nitrogens is 3. The highest BCUT2D eigenvalue weighted by atomic mass is 32.1. The van der Waals surface area contributed by atoms with E-state index in [-0.39, 0.29) is 5.91 Å². The second-order valence-corrected chi connectivity index (χ2v) is 9.45. The topological polar surface area (TPSA) is 95.6 Å². The van der Waals surface area contributed by atoms with Crippen LogP contribution >= 0.6 is 11.3 Å². The lowest BCUT2D eigenvalue weighted by Crippen LogP contribution is -2.25. The van der Waals surface area contributed by atoms with Crippen molar-refractivity contribution in [3.8, 4) is 6.07 Å². The van der Waals surface area contributed by atoms with E-state index in [1.54, 1.807) is 6.20 Å². The summed E-state index contributed by atoms with van der Waals surface area (Å²) < 4.78 is 3.16. The van der Waals surface area contributed by atoms with E-state index in [0.29, 0.717) is 36.5 Å². The van der Waals surface area contributed by atoms with Crippen LogP contribution in [0.5, 0.6) is 0 Å². The molecule has 1 amide bonds. The molecule has 2 aromatic carbocycles. The molecule has 0 bridgehead atoms. The van der Waals surface area contributed by atoms with Crippen LogP contribution < -0.4 is 10.6 Å². The number of anilines is 1. The molecule has 5 aromatic rings. The Hall–Kier alpha value is -4.48. The smallest absolute Gasteiger partial charge is 0.261 e. The second kappa shape index (κ2) is 10.8. The van der Waals surface area contributed by atoms with Gasteiger partial charge in [0, 0.05) is 48.0 Å². The molecular weight excluding hydrogens is 468 g/mol. The van der Waals surface area contributed by atoms with Gasteiger partial charge in [-0.15, -0.1) is 11.3 Å². The summed E-state index contributed by atoms with van der Waals surface area (Å²) in [4.78, 5) is 21.9. The van der Waals surface area contributed by atoms with Gasteiger partial charge in [-0.1, -0.05) is 18.2 Å². The first-order valence-electron chi connectivity index (χ1n) is 11.6. The Balaban J connectivity index is 1.19. The summed E-state index contributed by atoms with van der Waals surface area (Å²) in [6.07, 6.45) is 6.13. The van der Waals surface area contributed by atoms with Gasteiger partial charge in [-0.05, 0) is 59.5 Å². The van der Waals surface area contributed by atoms with E-state index in [2.05, 4.69) is 37.3 Å². The van der Waals surface area contributed by atoms with E-state index in [1.807, 2.05) is 73.2 Å². The molecule has 5 rings (SSSR count). The summed E-state index contributed by atoms with van der Waals surface area (Å²) in [7, 11) is 0. The number of imidazole rings is 1. The van der Waals surface area contributed by atoms with Gasteiger partial charge in [0.05, 0.1) is 35.1 Å². The first kappa shape index (κ1) is 23.3. The lowest BCUT2D eigenvalue weighted by Gasteiger charge is -2.10. The highest BCUT2D eigenvalue weighted by Gasteiger charge is 2.11. The SMILES string of the molecule is N#Cc1ccc(Cn2cncc2CNc2ccc3sc(C(=O)NCCc4ccccn4)cc3c2)cc1.